The minimum Gasteiger partial charge on any atom is -0.489 e. The molecule has 0 amide bonds. The fourth-order valence-electron chi connectivity index (χ4n) is 2.66. The zero-order valence-electron chi connectivity index (χ0n) is 15.0. The molecule has 8 heteroatoms. The van der Waals surface area contributed by atoms with Crippen LogP contribution in [0.3, 0.4) is 0 Å². The first-order chi connectivity index (χ1) is 12.4. The average Bonchev–Trinajstić information content (AvgIpc) is 3.34. The zero-order valence-corrected chi connectivity index (χ0v) is 16.6. The Hall–Kier alpha value is -2.11. The van der Waals surface area contributed by atoms with Crippen LogP contribution < -0.4 is 10.1 Å². The smallest absolute Gasteiger partial charge is 0.157 e. The fourth-order valence-corrected chi connectivity index (χ4v) is 3.21. The molecule has 0 radical (unpaired) electrons. The average molecular weight is 422 g/mol. The molecule has 0 bridgehead atoms. The largest absolute Gasteiger partial charge is 0.489 e. The Labute approximate surface area is 160 Å². The summed E-state index contributed by atoms with van der Waals surface area (Å²) in [6, 6.07) is 3.71. The lowest BCUT2D eigenvalue weighted by Gasteiger charge is -2.18. The maximum Gasteiger partial charge on any atom is 0.157 e. The summed E-state index contributed by atoms with van der Waals surface area (Å²) in [4.78, 5) is 2.01. The molecule has 1 aromatic carbocycles. The molecule has 1 saturated carbocycles. The van der Waals surface area contributed by atoms with Crippen LogP contribution >= 0.6 is 15.9 Å². The van der Waals surface area contributed by atoms with E-state index in [0.717, 1.165) is 19.4 Å². The highest BCUT2D eigenvalue weighted by molar-refractivity contribution is 9.10. The van der Waals surface area contributed by atoms with Gasteiger partial charge in [0.05, 0.1) is 33.7 Å². The lowest BCUT2D eigenvalue weighted by molar-refractivity contribution is 0.302. The van der Waals surface area contributed by atoms with Gasteiger partial charge in [-0.15, -0.1) is 0 Å². The number of rotatable bonds is 7. The predicted octanol–water partition coefficient (Wildman–Crippen LogP) is 3.38. The Morgan fingerprint density at radius 2 is 2.23 bits per heavy atom. The molecule has 1 aliphatic rings. The molecule has 1 aromatic heterocycles. The quantitative estimate of drug-likeness (QED) is 0.741. The number of aryl methyl sites for hydroxylation is 1. The van der Waals surface area contributed by atoms with Gasteiger partial charge in [0.15, 0.2) is 5.82 Å². The Morgan fingerprint density at radius 3 is 2.77 bits per heavy atom. The topological polar surface area (TPSA) is 66.1 Å². The number of hydrogen-bond acceptors (Lipinski definition) is 5. The number of hydrogen-bond donors (Lipinski definition) is 1. The summed E-state index contributed by atoms with van der Waals surface area (Å²) in [5.74, 6) is -0.0698. The van der Waals surface area contributed by atoms with Crippen molar-refractivity contribution in [3.8, 4) is 23.1 Å². The first-order valence-corrected chi connectivity index (χ1v) is 9.21. The molecule has 1 N–H and O–H groups in total. The van der Waals surface area contributed by atoms with Crippen LogP contribution in [0.4, 0.5) is 10.1 Å². The van der Waals surface area contributed by atoms with Crippen LogP contribution in [0.2, 0.25) is 0 Å². The van der Waals surface area contributed by atoms with Gasteiger partial charge in [-0.2, -0.15) is 10.4 Å². The molecule has 2 aromatic rings. The minimum atomic E-state index is -0.479. The van der Waals surface area contributed by atoms with E-state index in [9.17, 15) is 5.26 Å². The molecule has 0 aliphatic heterocycles. The minimum absolute atomic E-state index is 0.102. The highest BCUT2D eigenvalue weighted by Gasteiger charge is 2.29. The summed E-state index contributed by atoms with van der Waals surface area (Å²) in [7, 11) is 5.63. The number of halogens is 2. The van der Waals surface area contributed by atoms with E-state index in [0.29, 0.717) is 28.1 Å². The molecule has 0 atom stereocenters. The summed E-state index contributed by atoms with van der Waals surface area (Å²) in [6.45, 7) is 1.33. The van der Waals surface area contributed by atoms with E-state index in [1.807, 2.05) is 19.0 Å². The third-order valence-corrected chi connectivity index (χ3v) is 4.74. The van der Waals surface area contributed by atoms with Crippen molar-refractivity contribution >= 4 is 21.6 Å². The van der Waals surface area contributed by atoms with E-state index in [1.165, 1.54) is 0 Å². The number of nitrogens with zero attached hydrogens (tertiary/aromatic N) is 4. The van der Waals surface area contributed by atoms with Crippen molar-refractivity contribution in [3.05, 3.63) is 28.1 Å². The SMILES string of the molecule is CN(C)CCNc1cc(OC2CC2)c(C#N)c(-c2c(Br)cnn2C)c1F. The standard InChI is InChI=1S/C18H21BrFN5O/c1-24(2)7-6-22-14-8-15(26-11-4-5-11)12(9-21)16(17(14)20)18-13(19)10-23-25(18)3/h8,10-11,22H,4-7H2,1-3H3. The van der Waals surface area contributed by atoms with Crippen molar-refractivity contribution in [2.24, 2.45) is 7.05 Å². The van der Waals surface area contributed by atoms with Crippen molar-refractivity contribution in [3.63, 3.8) is 0 Å². The maximum absolute atomic E-state index is 15.4. The van der Waals surface area contributed by atoms with E-state index in [1.54, 1.807) is 24.0 Å². The van der Waals surface area contributed by atoms with Gasteiger partial charge in [-0.05, 0) is 42.9 Å². The molecule has 138 valence electrons. The van der Waals surface area contributed by atoms with Crippen LogP contribution in [0, 0.1) is 17.1 Å². The summed E-state index contributed by atoms with van der Waals surface area (Å²) in [6.07, 6.45) is 3.60. The van der Waals surface area contributed by atoms with E-state index in [4.69, 9.17) is 4.74 Å². The van der Waals surface area contributed by atoms with Crippen LogP contribution in [0.1, 0.15) is 18.4 Å². The first kappa shape index (κ1) is 18.7. The van der Waals surface area contributed by atoms with E-state index in [-0.39, 0.29) is 17.2 Å². The summed E-state index contributed by atoms with van der Waals surface area (Å²) in [5, 5.41) is 17.0. The van der Waals surface area contributed by atoms with Gasteiger partial charge in [-0.25, -0.2) is 4.39 Å². The number of aromatic nitrogens is 2. The predicted molar refractivity (Wildman–Crippen MR) is 102 cm³/mol. The Morgan fingerprint density at radius 1 is 1.50 bits per heavy atom. The number of ether oxygens (including phenoxy) is 1. The highest BCUT2D eigenvalue weighted by Crippen LogP contribution is 2.41. The summed E-state index contributed by atoms with van der Waals surface area (Å²) in [5.41, 5.74) is 1.22. The van der Waals surface area contributed by atoms with Crippen LogP contribution in [0.15, 0.2) is 16.7 Å². The number of benzene rings is 1. The number of likely N-dealkylation sites (N-methyl/N-ethyl adjacent to an activating group) is 1. The highest BCUT2D eigenvalue weighted by atomic mass is 79.9. The van der Waals surface area contributed by atoms with Gasteiger partial charge in [-0.3, -0.25) is 4.68 Å². The van der Waals surface area contributed by atoms with Crippen LogP contribution in [0.5, 0.6) is 5.75 Å². The molecule has 26 heavy (non-hydrogen) atoms. The molecular formula is C18H21BrFN5O. The normalized spacial score (nSPS) is 13.7. The van der Waals surface area contributed by atoms with E-state index >= 15 is 4.39 Å². The molecule has 1 aliphatic carbocycles. The fraction of sp³-hybridized carbons (Fsp3) is 0.444. The molecule has 3 rings (SSSR count). The van der Waals surface area contributed by atoms with Crippen LogP contribution in [0.25, 0.3) is 11.3 Å². The second-order valence-corrected chi connectivity index (χ2v) is 7.46. The number of nitriles is 1. The van der Waals surface area contributed by atoms with Crippen LogP contribution in [-0.2, 0) is 7.05 Å². The lowest BCUT2D eigenvalue weighted by atomic mass is 10.0. The van der Waals surface area contributed by atoms with Gasteiger partial charge in [-0.1, -0.05) is 0 Å². The Bertz CT molecular complexity index is 835. The Kier molecular flexibility index (Phi) is 5.49. The van der Waals surface area contributed by atoms with Crippen LogP contribution in [-0.4, -0.2) is 48.0 Å². The Balaban J connectivity index is 2.11. The van der Waals surface area contributed by atoms with Gasteiger partial charge in [0, 0.05) is 26.2 Å². The molecule has 1 fully saturated rings. The van der Waals surface area contributed by atoms with Gasteiger partial charge < -0.3 is 15.0 Å². The second kappa shape index (κ2) is 7.64. The monoisotopic (exact) mass is 421 g/mol. The number of nitrogens with one attached hydrogen (secondary N) is 1. The molecule has 6 nitrogen and oxygen atoms in total. The van der Waals surface area contributed by atoms with Crippen molar-refractivity contribution < 1.29 is 9.13 Å². The van der Waals surface area contributed by atoms with Gasteiger partial charge in [0.25, 0.3) is 0 Å². The van der Waals surface area contributed by atoms with Crippen molar-refractivity contribution in [2.45, 2.75) is 18.9 Å². The maximum atomic E-state index is 15.4. The van der Waals surface area contributed by atoms with E-state index < -0.39 is 5.82 Å². The zero-order chi connectivity index (χ0) is 18.8. The molecule has 0 spiro atoms. The lowest BCUT2D eigenvalue weighted by Crippen LogP contribution is -2.21. The molecular weight excluding hydrogens is 401 g/mol. The van der Waals surface area contributed by atoms with Gasteiger partial charge in [0.2, 0.25) is 0 Å². The molecule has 1 heterocycles. The second-order valence-electron chi connectivity index (χ2n) is 6.61. The third-order valence-electron chi connectivity index (χ3n) is 4.16. The first-order valence-electron chi connectivity index (χ1n) is 8.42. The van der Waals surface area contributed by atoms with Crippen molar-refractivity contribution in [1.29, 1.82) is 5.26 Å². The van der Waals surface area contributed by atoms with E-state index in [2.05, 4.69) is 32.4 Å². The third kappa shape index (κ3) is 3.84. The number of anilines is 1. The van der Waals surface area contributed by atoms with Crippen molar-refractivity contribution in [2.75, 3.05) is 32.5 Å². The molecule has 0 unspecified atom stereocenters. The molecule has 0 saturated heterocycles. The van der Waals surface area contributed by atoms with Gasteiger partial charge in [0.1, 0.15) is 17.4 Å². The summed E-state index contributed by atoms with van der Waals surface area (Å²) < 4.78 is 23.4. The van der Waals surface area contributed by atoms with Gasteiger partial charge >= 0.3 is 0 Å². The van der Waals surface area contributed by atoms with Crippen molar-refractivity contribution in [1.82, 2.24) is 14.7 Å². The summed E-state index contributed by atoms with van der Waals surface area (Å²) >= 11 is 3.41.